The van der Waals surface area contributed by atoms with Crippen molar-refractivity contribution in [2.75, 3.05) is 26.7 Å². The van der Waals surface area contributed by atoms with Crippen LogP contribution in [0.5, 0.6) is 11.5 Å². The van der Waals surface area contributed by atoms with Gasteiger partial charge in [0.15, 0.2) is 11.5 Å². The summed E-state index contributed by atoms with van der Waals surface area (Å²) < 4.78 is 11.7. The molecule has 0 aliphatic rings. The summed E-state index contributed by atoms with van der Waals surface area (Å²) >= 11 is 12.4. The molecule has 0 spiro atoms. The minimum absolute atomic E-state index is 0. The molecule has 2 N–H and O–H groups in total. The van der Waals surface area contributed by atoms with E-state index < -0.39 is 0 Å². The van der Waals surface area contributed by atoms with E-state index in [9.17, 15) is 0 Å². The number of hydrogen-bond acceptors (Lipinski definition) is 4. The zero-order valence-electron chi connectivity index (χ0n) is 16.1. The van der Waals surface area contributed by atoms with Gasteiger partial charge in [0, 0.05) is 11.6 Å². The molecule has 0 aromatic heterocycles. The lowest BCUT2D eigenvalue weighted by atomic mass is 10.2. The van der Waals surface area contributed by atoms with Crippen LogP contribution >= 0.6 is 48.0 Å². The molecule has 0 saturated carbocycles. The molecule has 0 heterocycles. The van der Waals surface area contributed by atoms with Gasteiger partial charge in [-0.05, 0) is 68.9 Å². The van der Waals surface area contributed by atoms with Gasteiger partial charge in [-0.2, -0.15) is 0 Å². The second-order valence-corrected chi connectivity index (χ2v) is 6.73. The van der Waals surface area contributed by atoms with E-state index in [1.54, 1.807) is 0 Å². The molecule has 2 aromatic rings. The maximum Gasteiger partial charge on any atom is 0.180 e. The highest BCUT2D eigenvalue weighted by Crippen LogP contribution is 2.37. The van der Waals surface area contributed by atoms with Crippen LogP contribution in [0, 0.1) is 0 Å². The zero-order chi connectivity index (χ0) is 18.8. The third-order valence-corrected chi connectivity index (χ3v) is 4.31. The number of ether oxygens (including phenoxy) is 2. The highest BCUT2D eigenvalue weighted by Gasteiger charge is 2.13. The quantitative estimate of drug-likeness (QED) is 0.425. The molecule has 2 rings (SSSR count). The van der Waals surface area contributed by atoms with Crippen molar-refractivity contribution < 1.29 is 9.47 Å². The number of halogens is 4. The summed E-state index contributed by atoms with van der Waals surface area (Å²) in [5.74, 6) is 1.24. The van der Waals surface area contributed by atoms with E-state index in [1.807, 2.05) is 50.4 Å². The Balaban J connectivity index is 0.00000364. The second kappa shape index (κ2) is 15.0. The van der Waals surface area contributed by atoms with E-state index in [0.29, 0.717) is 34.8 Å². The summed E-state index contributed by atoms with van der Waals surface area (Å²) in [6.07, 6.45) is 1.07. The molecule has 158 valence electrons. The second-order valence-electron chi connectivity index (χ2n) is 5.89. The zero-order valence-corrected chi connectivity index (χ0v) is 19.2. The largest absolute Gasteiger partial charge is 0.490 e. The molecule has 28 heavy (non-hydrogen) atoms. The van der Waals surface area contributed by atoms with E-state index in [-0.39, 0.29) is 24.8 Å². The molecular formula is C20H28Cl4N2O2. The molecule has 0 radical (unpaired) electrons. The number of nitrogens with one attached hydrogen (secondary N) is 2. The van der Waals surface area contributed by atoms with Crippen LogP contribution in [-0.2, 0) is 13.2 Å². The van der Waals surface area contributed by atoms with Crippen LogP contribution in [0.3, 0.4) is 0 Å². The van der Waals surface area contributed by atoms with Gasteiger partial charge in [-0.3, -0.25) is 0 Å². The summed E-state index contributed by atoms with van der Waals surface area (Å²) in [6, 6.07) is 11.5. The van der Waals surface area contributed by atoms with Gasteiger partial charge in [0.1, 0.15) is 6.61 Å². The molecule has 0 bridgehead atoms. The fourth-order valence-electron chi connectivity index (χ4n) is 2.49. The van der Waals surface area contributed by atoms with Crippen molar-refractivity contribution in [3.63, 3.8) is 0 Å². The van der Waals surface area contributed by atoms with E-state index in [2.05, 4.69) is 10.6 Å². The first kappa shape index (κ1) is 27.1. The fraction of sp³-hybridized carbons (Fsp3) is 0.400. The SMILES string of the molecule is CCOc1cc(CNCCCNC)cc(Cl)c1OCc1ccc(Cl)cc1.Cl.Cl. The number of rotatable bonds is 11. The summed E-state index contributed by atoms with van der Waals surface area (Å²) in [6.45, 7) is 5.57. The Labute approximate surface area is 190 Å². The Hall–Kier alpha value is -0.880. The third-order valence-electron chi connectivity index (χ3n) is 3.78. The Kier molecular flexibility index (Phi) is 14.6. The third kappa shape index (κ3) is 9.08. The van der Waals surface area contributed by atoms with Gasteiger partial charge in [-0.25, -0.2) is 0 Å². The highest BCUT2D eigenvalue weighted by molar-refractivity contribution is 6.32. The van der Waals surface area contributed by atoms with Gasteiger partial charge in [-0.15, -0.1) is 24.8 Å². The van der Waals surface area contributed by atoms with E-state index >= 15 is 0 Å². The number of benzene rings is 2. The average molecular weight is 470 g/mol. The first-order valence-corrected chi connectivity index (χ1v) is 9.57. The van der Waals surface area contributed by atoms with Crippen molar-refractivity contribution in [2.45, 2.75) is 26.5 Å². The molecule has 0 saturated heterocycles. The van der Waals surface area contributed by atoms with Crippen LogP contribution in [-0.4, -0.2) is 26.7 Å². The smallest absolute Gasteiger partial charge is 0.180 e. The first-order chi connectivity index (χ1) is 12.6. The summed E-state index contributed by atoms with van der Waals surface area (Å²) in [4.78, 5) is 0. The Morgan fingerprint density at radius 3 is 2.29 bits per heavy atom. The summed E-state index contributed by atoms with van der Waals surface area (Å²) in [7, 11) is 1.96. The van der Waals surface area contributed by atoms with Crippen LogP contribution < -0.4 is 20.1 Å². The predicted molar refractivity (Wildman–Crippen MR) is 123 cm³/mol. The lowest BCUT2D eigenvalue weighted by Crippen LogP contribution is -2.19. The van der Waals surface area contributed by atoms with E-state index in [0.717, 1.165) is 37.2 Å². The molecule has 0 aliphatic heterocycles. The van der Waals surface area contributed by atoms with Crippen LogP contribution in [0.1, 0.15) is 24.5 Å². The topological polar surface area (TPSA) is 42.5 Å². The maximum atomic E-state index is 6.46. The van der Waals surface area contributed by atoms with Gasteiger partial charge < -0.3 is 20.1 Å². The van der Waals surface area contributed by atoms with Gasteiger partial charge in [-0.1, -0.05) is 35.3 Å². The van der Waals surface area contributed by atoms with Crippen LogP contribution in [0.15, 0.2) is 36.4 Å². The van der Waals surface area contributed by atoms with Gasteiger partial charge in [0.2, 0.25) is 0 Å². The summed E-state index contributed by atoms with van der Waals surface area (Å²) in [5, 5.41) is 7.80. The predicted octanol–water partition coefficient (Wildman–Crippen LogP) is 5.51. The fourth-order valence-corrected chi connectivity index (χ4v) is 2.90. The van der Waals surface area contributed by atoms with Crippen molar-refractivity contribution in [1.82, 2.24) is 10.6 Å². The average Bonchev–Trinajstić information content (AvgIpc) is 2.62. The maximum absolute atomic E-state index is 6.46. The molecular weight excluding hydrogens is 442 g/mol. The van der Waals surface area contributed by atoms with Crippen LogP contribution in [0.25, 0.3) is 0 Å². The Morgan fingerprint density at radius 2 is 1.64 bits per heavy atom. The van der Waals surface area contributed by atoms with Gasteiger partial charge in [0.25, 0.3) is 0 Å². The van der Waals surface area contributed by atoms with Crippen molar-refractivity contribution in [3.05, 3.63) is 57.6 Å². The molecule has 8 heteroatoms. The molecule has 0 unspecified atom stereocenters. The van der Waals surface area contributed by atoms with Crippen molar-refractivity contribution in [1.29, 1.82) is 0 Å². The Morgan fingerprint density at radius 1 is 0.929 bits per heavy atom. The van der Waals surface area contributed by atoms with Crippen molar-refractivity contribution in [3.8, 4) is 11.5 Å². The lowest BCUT2D eigenvalue weighted by molar-refractivity contribution is 0.269. The van der Waals surface area contributed by atoms with Crippen LogP contribution in [0.4, 0.5) is 0 Å². The lowest BCUT2D eigenvalue weighted by Gasteiger charge is -2.16. The minimum Gasteiger partial charge on any atom is -0.490 e. The van der Waals surface area contributed by atoms with Gasteiger partial charge >= 0.3 is 0 Å². The molecule has 0 amide bonds. The Bertz CT molecular complexity index is 685. The monoisotopic (exact) mass is 468 g/mol. The first-order valence-electron chi connectivity index (χ1n) is 8.81. The summed E-state index contributed by atoms with van der Waals surface area (Å²) in [5.41, 5.74) is 2.09. The van der Waals surface area contributed by atoms with Crippen molar-refractivity contribution >= 4 is 48.0 Å². The molecule has 2 aromatic carbocycles. The molecule has 0 atom stereocenters. The molecule has 4 nitrogen and oxygen atoms in total. The van der Waals surface area contributed by atoms with Crippen LogP contribution in [0.2, 0.25) is 10.0 Å². The minimum atomic E-state index is 0. The van der Waals surface area contributed by atoms with Crippen molar-refractivity contribution in [2.24, 2.45) is 0 Å². The van der Waals surface area contributed by atoms with E-state index in [1.165, 1.54) is 0 Å². The molecule has 0 aliphatic carbocycles. The number of hydrogen-bond donors (Lipinski definition) is 2. The van der Waals surface area contributed by atoms with Gasteiger partial charge in [0.05, 0.1) is 11.6 Å². The van der Waals surface area contributed by atoms with E-state index in [4.69, 9.17) is 32.7 Å². The normalized spacial score (nSPS) is 10.0. The standard InChI is InChI=1S/C20H26Cl2N2O2.2ClH/c1-3-25-19-12-16(13-24-10-4-9-23-2)11-18(22)20(19)26-14-15-5-7-17(21)8-6-15;;/h5-8,11-12,23-24H,3-4,9-10,13-14H2,1-2H3;2*1H. The molecule has 0 fully saturated rings. The highest BCUT2D eigenvalue weighted by atomic mass is 35.5.